The third-order valence-corrected chi connectivity index (χ3v) is 3.48. The van der Waals surface area contributed by atoms with Crippen LogP contribution in [0.2, 0.25) is 0 Å². The fourth-order valence-electron chi connectivity index (χ4n) is 1.72. The van der Waals surface area contributed by atoms with Gasteiger partial charge in [-0.05, 0) is 58.7 Å². The second kappa shape index (κ2) is 5.36. The molecule has 6 heteroatoms. The van der Waals surface area contributed by atoms with E-state index in [1.807, 2.05) is 6.92 Å². The monoisotopic (exact) mass is 344 g/mol. The number of benzene rings is 2. The molecule has 0 heterocycles. The molecule has 0 aromatic heterocycles. The molecule has 0 spiro atoms. The Morgan fingerprint density at radius 3 is 2.50 bits per heavy atom. The quantitative estimate of drug-likeness (QED) is 0.743. The summed E-state index contributed by atoms with van der Waals surface area (Å²) in [6.07, 6.45) is -4.36. The molecule has 2 nitrogen and oxygen atoms in total. The van der Waals surface area contributed by atoms with Gasteiger partial charge in [0.2, 0.25) is 0 Å². The number of rotatable bonds is 2. The number of hydrogen-bond donors (Lipinski definition) is 2. The van der Waals surface area contributed by atoms with Gasteiger partial charge in [0.15, 0.2) is 0 Å². The minimum absolute atomic E-state index is 0.365. The lowest BCUT2D eigenvalue weighted by molar-refractivity contribution is -0.137. The van der Waals surface area contributed by atoms with Crippen LogP contribution in [-0.2, 0) is 6.18 Å². The molecule has 20 heavy (non-hydrogen) atoms. The van der Waals surface area contributed by atoms with Gasteiger partial charge in [-0.3, -0.25) is 0 Å². The van der Waals surface area contributed by atoms with Gasteiger partial charge >= 0.3 is 6.18 Å². The molecule has 0 aliphatic carbocycles. The molecule has 2 aromatic rings. The Hall–Kier alpha value is -1.69. The molecule has 0 aliphatic rings. The number of hydrogen-bond acceptors (Lipinski definition) is 2. The standard InChI is InChI=1S/C14H12BrF3N2/c1-8-5-13(11(15)7-12(8)19)20-10-4-2-3-9(6-10)14(16,17)18/h2-7,20H,19H2,1H3. The highest BCUT2D eigenvalue weighted by Crippen LogP contribution is 2.33. The topological polar surface area (TPSA) is 38.0 Å². The molecule has 0 bridgehead atoms. The number of nitrogen functional groups attached to an aromatic ring is 1. The van der Waals surface area contributed by atoms with Crippen molar-refractivity contribution in [3.63, 3.8) is 0 Å². The zero-order valence-electron chi connectivity index (χ0n) is 10.6. The zero-order chi connectivity index (χ0) is 14.9. The molecule has 0 amide bonds. The number of nitrogens with one attached hydrogen (secondary N) is 1. The van der Waals surface area contributed by atoms with Crippen molar-refractivity contribution in [3.05, 3.63) is 52.0 Å². The summed E-state index contributed by atoms with van der Waals surface area (Å²) in [6.45, 7) is 1.83. The Labute approximate surface area is 122 Å². The normalized spacial score (nSPS) is 11.4. The van der Waals surface area contributed by atoms with Crippen molar-refractivity contribution >= 4 is 33.0 Å². The van der Waals surface area contributed by atoms with E-state index in [1.165, 1.54) is 6.07 Å². The number of halogens is 4. The smallest absolute Gasteiger partial charge is 0.398 e. The first-order valence-corrected chi connectivity index (χ1v) is 6.56. The summed E-state index contributed by atoms with van der Waals surface area (Å²) < 4.78 is 38.6. The van der Waals surface area contributed by atoms with E-state index in [4.69, 9.17) is 5.73 Å². The number of aryl methyl sites for hydroxylation is 1. The molecular weight excluding hydrogens is 333 g/mol. The van der Waals surface area contributed by atoms with Gasteiger partial charge in [-0.1, -0.05) is 6.07 Å². The SMILES string of the molecule is Cc1cc(Nc2cccc(C(F)(F)F)c2)c(Br)cc1N. The van der Waals surface area contributed by atoms with Crippen LogP contribution >= 0.6 is 15.9 Å². The Bertz CT molecular complexity index is 639. The van der Waals surface area contributed by atoms with Crippen LogP contribution in [0.4, 0.5) is 30.2 Å². The Kier molecular flexibility index (Phi) is 3.94. The van der Waals surface area contributed by atoms with Crippen LogP contribution in [0.25, 0.3) is 0 Å². The minimum atomic E-state index is -4.36. The molecule has 0 saturated carbocycles. The summed E-state index contributed by atoms with van der Waals surface area (Å²) in [4.78, 5) is 0. The molecular formula is C14H12BrF3N2. The summed E-state index contributed by atoms with van der Waals surface area (Å²) in [7, 11) is 0. The van der Waals surface area contributed by atoms with E-state index < -0.39 is 11.7 Å². The largest absolute Gasteiger partial charge is 0.416 e. The van der Waals surface area contributed by atoms with Gasteiger partial charge in [0, 0.05) is 15.8 Å². The first-order valence-electron chi connectivity index (χ1n) is 5.77. The second-order valence-electron chi connectivity index (χ2n) is 4.39. The van der Waals surface area contributed by atoms with Crippen molar-refractivity contribution in [3.8, 4) is 0 Å². The summed E-state index contributed by atoms with van der Waals surface area (Å²) >= 11 is 3.33. The summed E-state index contributed by atoms with van der Waals surface area (Å²) in [6, 6.07) is 8.54. The van der Waals surface area contributed by atoms with E-state index in [0.717, 1.165) is 17.7 Å². The van der Waals surface area contributed by atoms with Gasteiger partial charge in [0.25, 0.3) is 0 Å². The van der Waals surface area contributed by atoms with Crippen LogP contribution in [0.1, 0.15) is 11.1 Å². The average Bonchev–Trinajstić information content (AvgIpc) is 2.35. The van der Waals surface area contributed by atoms with E-state index in [2.05, 4.69) is 21.2 Å². The molecule has 2 aromatic carbocycles. The van der Waals surface area contributed by atoms with Crippen molar-refractivity contribution < 1.29 is 13.2 Å². The van der Waals surface area contributed by atoms with Crippen LogP contribution < -0.4 is 11.1 Å². The highest BCUT2D eigenvalue weighted by molar-refractivity contribution is 9.10. The van der Waals surface area contributed by atoms with Crippen LogP contribution in [0.5, 0.6) is 0 Å². The van der Waals surface area contributed by atoms with Crippen molar-refractivity contribution in [2.45, 2.75) is 13.1 Å². The zero-order valence-corrected chi connectivity index (χ0v) is 12.1. The molecule has 106 valence electrons. The van der Waals surface area contributed by atoms with Crippen molar-refractivity contribution in [2.75, 3.05) is 11.1 Å². The van der Waals surface area contributed by atoms with Crippen LogP contribution in [-0.4, -0.2) is 0 Å². The number of anilines is 3. The molecule has 2 rings (SSSR count). The van der Waals surface area contributed by atoms with Crippen LogP contribution in [0.15, 0.2) is 40.9 Å². The number of nitrogens with two attached hydrogens (primary N) is 1. The Balaban J connectivity index is 2.33. The lowest BCUT2D eigenvalue weighted by Gasteiger charge is -2.13. The second-order valence-corrected chi connectivity index (χ2v) is 5.25. The molecule has 0 fully saturated rings. The molecule has 3 N–H and O–H groups in total. The van der Waals surface area contributed by atoms with E-state index in [-0.39, 0.29) is 0 Å². The molecule has 0 radical (unpaired) electrons. The Morgan fingerprint density at radius 1 is 1.15 bits per heavy atom. The molecule has 0 atom stereocenters. The number of alkyl halides is 3. The maximum Gasteiger partial charge on any atom is 0.416 e. The van der Waals surface area contributed by atoms with Gasteiger partial charge in [-0.25, -0.2) is 0 Å². The fraction of sp³-hybridized carbons (Fsp3) is 0.143. The lowest BCUT2D eigenvalue weighted by Crippen LogP contribution is -2.05. The maximum absolute atomic E-state index is 12.6. The van der Waals surface area contributed by atoms with Gasteiger partial charge in [-0.2, -0.15) is 13.2 Å². The highest BCUT2D eigenvalue weighted by atomic mass is 79.9. The molecule has 0 aliphatic heterocycles. The average molecular weight is 345 g/mol. The van der Waals surface area contributed by atoms with Gasteiger partial charge < -0.3 is 11.1 Å². The molecule has 0 saturated heterocycles. The highest BCUT2D eigenvalue weighted by Gasteiger charge is 2.30. The van der Waals surface area contributed by atoms with Crippen molar-refractivity contribution in [2.24, 2.45) is 0 Å². The van der Waals surface area contributed by atoms with Crippen molar-refractivity contribution in [1.29, 1.82) is 0 Å². The third kappa shape index (κ3) is 3.25. The van der Waals surface area contributed by atoms with Gasteiger partial charge in [-0.15, -0.1) is 0 Å². The molecule has 0 unspecified atom stereocenters. The maximum atomic E-state index is 12.6. The fourth-order valence-corrected chi connectivity index (χ4v) is 2.18. The van der Waals surface area contributed by atoms with E-state index in [9.17, 15) is 13.2 Å². The van der Waals surface area contributed by atoms with Crippen molar-refractivity contribution in [1.82, 2.24) is 0 Å². The van der Waals surface area contributed by atoms with E-state index in [0.29, 0.717) is 21.5 Å². The summed E-state index contributed by atoms with van der Waals surface area (Å²) in [5.74, 6) is 0. The lowest BCUT2D eigenvalue weighted by atomic mass is 10.1. The van der Waals surface area contributed by atoms with Gasteiger partial charge in [0.1, 0.15) is 0 Å². The summed E-state index contributed by atoms with van der Waals surface area (Å²) in [5.41, 5.74) is 7.56. The Morgan fingerprint density at radius 2 is 1.85 bits per heavy atom. The predicted molar refractivity (Wildman–Crippen MR) is 78.0 cm³/mol. The minimum Gasteiger partial charge on any atom is -0.398 e. The predicted octanol–water partition coefficient (Wildman–Crippen LogP) is 5.10. The van der Waals surface area contributed by atoms with Gasteiger partial charge in [0.05, 0.1) is 11.3 Å². The van der Waals surface area contributed by atoms with E-state index in [1.54, 1.807) is 18.2 Å². The van der Waals surface area contributed by atoms with E-state index >= 15 is 0 Å². The first-order chi connectivity index (χ1) is 9.27. The van der Waals surface area contributed by atoms with Crippen LogP contribution in [0, 0.1) is 6.92 Å². The first kappa shape index (κ1) is 14.7. The third-order valence-electron chi connectivity index (χ3n) is 2.82. The van der Waals surface area contributed by atoms with Crippen LogP contribution in [0.3, 0.4) is 0 Å². The summed E-state index contributed by atoms with van der Waals surface area (Å²) in [5, 5.41) is 2.95.